The number of phenolic OH excluding ortho intramolecular Hbond substituents is 1. The molecule has 0 radical (unpaired) electrons. The van der Waals surface area contributed by atoms with Crippen molar-refractivity contribution in [3.8, 4) is 5.75 Å². The van der Waals surface area contributed by atoms with Gasteiger partial charge in [-0.25, -0.2) is 5.43 Å². The molecule has 0 aliphatic carbocycles. The second kappa shape index (κ2) is 8.45. The molecule has 0 saturated carbocycles. The Kier molecular flexibility index (Phi) is 6.59. The molecule has 0 unspecified atom stereocenters. The van der Waals surface area contributed by atoms with Gasteiger partial charge in [-0.2, -0.15) is 5.10 Å². The van der Waals surface area contributed by atoms with E-state index in [4.69, 9.17) is 34.8 Å². The number of hydrogen-bond acceptors (Lipinski definition) is 4. The lowest BCUT2D eigenvalue weighted by Crippen LogP contribution is -2.19. The Balaban J connectivity index is 1.88. The fourth-order valence-electron chi connectivity index (χ4n) is 1.57. The average molecular weight is 390 g/mol. The maximum atomic E-state index is 11.7. The number of nitrogens with one attached hydrogen (secondary N) is 1. The molecular weight excluding hydrogens is 379 g/mol. The van der Waals surface area contributed by atoms with E-state index in [9.17, 15) is 9.90 Å². The number of thioether (sulfide) groups is 1. The lowest BCUT2D eigenvalue weighted by atomic mass is 10.2. The highest BCUT2D eigenvalue weighted by molar-refractivity contribution is 8.00. The summed E-state index contributed by atoms with van der Waals surface area (Å²) in [7, 11) is 0. The van der Waals surface area contributed by atoms with Crippen molar-refractivity contribution >= 4 is 58.7 Å². The van der Waals surface area contributed by atoms with Gasteiger partial charge in [0.05, 0.1) is 17.0 Å². The highest BCUT2D eigenvalue weighted by Gasteiger charge is 2.06. The van der Waals surface area contributed by atoms with E-state index in [2.05, 4.69) is 10.5 Å². The Morgan fingerprint density at radius 2 is 1.87 bits per heavy atom. The van der Waals surface area contributed by atoms with Crippen molar-refractivity contribution in [1.29, 1.82) is 0 Å². The smallest absolute Gasteiger partial charge is 0.250 e. The van der Waals surface area contributed by atoms with Gasteiger partial charge in [0.25, 0.3) is 0 Å². The Bertz CT molecular complexity index is 736. The summed E-state index contributed by atoms with van der Waals surface area (Å²) in [6.07, 6.45) is 1.28. The number of hydrazone groups is 1. The van der Waals surface area contributed by atoms with Crippen molar-refractivity contribution in [2.75, 3.05) is 5.75 Å². The molecule has 2 aromatic carbocycles. The van der Waals surface area contributed by atoms with Crippen LogP contribution in [0.15, 0.2) is 46.4 Å². The first-order valence-corrected chi connectivity index (χ1v) is 8.46. The molecule has 0 atom stereocenters. The Labute approximate surface area is 152 Å². The summed E-state index contributed by atoms with van der Waals surface area (Å²) in [5, 5.41) is 14.6. The highest BCUT2D eigenvalue weighted by Crippen LogP contribution is 2.29. The molecule has 0 spiro atoms. The number of nitrogens with zero attached hydrogens (tertiary/aromatic N) is 1. The second-order valence-electron chi connectivity index (χ2n) is 4.36. The Hall–Kier alpha value is -1.40. The molecule has 120 valence electrons. The van der Waals surface area contributed by atoms with E-state index in [0.29, 0.717) is 15.6 Å². The van der Waals surface area contributed by atoms with Crippen molar-refractivity contribution in [2.45, 2.75) is 4.90 Å². The summed E-state index contributed by atoms with van der Waals surface area (Å²) in [6, 6.07) is 10.1. The van der Waals surface area contributed by atoms with Crippen LogP contribution in [0.5, 0.6) is 5.75 Å². The van der Waals surface area contributed by atoms with Gasteiger partial charge in [-0.05, 0) is 36.4 Å². The molecular formula is C15H11Cl3N2O2S. The van der Waals surface area contributed by atoms with Gasteiger partial charge in [0.1, 0.15) is 5.75 Å². The van der Waals surface area contributed by atoms with Gasteiger partial charge in [-0.3, -0.25) is 4.79 Å². The number of aromatic hydroxyl groups is 1. The molecule has 0 heterocycles. The molecule has 0 fully saturated rings. The van der Waals surface area contributed by atoms with Crippen LogP contribution in [0, 0.1) is 0 Å². The summed E-state index contributed by atoms with van der Waals surface area (Å²) in [5.41, 5.74) is 2.68. The van der Waals surface area contributed by atoms with Crippen molar-refractivity contribution in [2.24, 2.45) is 5.10 Å². The molecule has 2 N–H and O–H groups in total. The van der Waals surface area contributed by atoms with E-state index in [1.807, 2.05) is 12.1 Å². The zero-order chi connectivity index (χ0) is 16.8. The Morgan fingerprint density at radius 3 is 2.57 bits per heavy atom. The van der Waals surface area contributed by atoms with E-state index in [-0.39, 0.29) is 22.4 Å². The van der Waals surface area contributed by atoms with Gasteiger partial charge in [0, 0.05) is 20.5 Å². The fourth-order valence-corrected chi connectivity index (χ4v) is 2.90. The first-order valence-electron chi connectivity index (χ1n) is 6.34. The first-order chi connectivity index (χ1) is 11.0. The molecule has 23 heavy (non-hydrogen) atoms. The third-order valence-electron chi connectivity index (χ3n) is 2.63. The maximum Gasteiger partial charge on any atom is 0.250 e. The standard InChI is InChI=1S/C15H11Cl3N2O2S/c16-10-1-3-12(4-2-10)23-8-14(21)20-19-7-9-5-11(17)6-13(18)15(9)22/h1-7,22H,8H2,(H,20,21). The third kappa shape index (κ3) is 5.62. The summed E-state index contributed by atoms with van der Waals surface area (Å²) < 4.78 is 0. The van der Waals surface area contributed by atoms with Crippen LogP contribution in [0.3, 0.4) is 0 Å². The molecule has 0 saturated heterocycles. The minimum atomic E-state index is -0.284. The minimum Gasteiger partial charge on any atom is -0.506 e. The van der Waals surface area contributed by atoms with E-state index < -0.39 is 0 Å². The molecule has 2 rings (SSSR count). The quantitative estimate of drug-likeness (QED) is 0.446. The van der Waals surface area contributed by atoms with Crippen molar-refractivity contribution in [1.82, 2.24) is 5.43 Å². The van der Waals surface area contributed by atoms with Gasteiger partial charge < -0.3 is 5.11 Å². The molecule has 1 amide bonds. The van der Waals surface area contributed by atoms with Crippen LogP contribution in [0.2, 0.25) is 15.1 Å². The number of hydrogen-bond donors (Lipinski definition) is 2. The molecule has 8 heteroatoms. The summed E-state index contributed by atoms with van der Waals surface area (Å²) in [5.74, 6) is -0.236. The van der Waals surface area contributed by atoms with Crippen LogP contribution < -0.4 is 5.43 Å². The van der Waals surface area contributed by atoms with Crippen LogP contribution in [0.4, 0.5) is 0 Å². The summed E-state index contributed by atoms with van der Waals surface area (Å²) in [4.78, 5) is 12.6. The fraction of sp³-hybridized carbons (Fsp3) is 0.0667. The SMILES string of the molecule is O=C(CSc1ccc(Cl)cc1)NN=Cc1cc(Cl)cc(Cl)c1O. The van der Waals surface area contributed by atoms with Crippen molar-refractivity contribution in [3.63, 3.8) is 0 Å². The van der Waals surface area contributed by atoms with Gasteiger partial charge in [0.2, 0.25) is 5.91 Å². The monoisotopic (exact) mass is 388 g/mol. The largest absolute Gasteiger partial charge is 0.506 e. The lowest BCUT2D eigenvalue weighted by Gasteiger charge is -2.03. The molecule has 4 nitrogen and oxygen atoms in total. The average Bonchev–Trinajstić information content (AvgIpc) is 2.51. The number of rotatable bonds is 5. The minimum absolute atomic E-state index is 0.114. The Morgan fingerprint density at radius 1 is 1.17 bits per heavy atom. The third-order valence-corrected chi connectivity index (χ3v) is 4.40. The summed E-state index contributed by atoms with van der Waals surface area (Å²) in [6.45, 7) is 0. The van der Waals surface area contributed by atoms with Gasteiger partial charge in [-0.1, -0.05) is 34.8 Å². The second-order valence-corrected chi connectivity index (χ2v) is 6.69. The first kappa shape index (κ1) is 17.9. The zero-order valence-corrected chi connectivity index (χ0v) is 14.7. The highest BCUT2D eigenvalue weighted by atomic mass is 35.5. The van der Waals surface area contributed by atoms with Crippen LogP contribution >= 0.6 is 46.6 Å². The molecule has 0 aliphatic heterocycles. The van der Waals surface area contributed by atoms with Crippen LogP contribution in [-0.4, -0.2) is 23.0 Å². The maximum absolute atomic E-state index is 11.7. The van der Waals surface area contributed by atoms with Gasteiger partial charge in [0.15, 0.2) is 0 Å². The number of carbonyl (C=O) groups excluding carboxylic acids is 1. The van der Waals surface area contributed by atoms with Crippen LogP contribution in [-0.2, 0) is 4.79 Å². The molecule has 0 aromatic heterocycles. The molecule has 0 bridgehead atoms. The number of phenols is 1. The molecule has 0 aliphatic rings. The number of halogens is 3. The van der Waals surface area contributed by atoms with Gasteiger partial charge >= 0.3 is 0 Å². The lowest BCUT2D eigenvalue weighted by molar-refractivity contribution is -0.118. The summed E-state index contributed by atoms with van der Waals surface area (Å²) >= 11 is 18.8. The van der Waals surface area contributed by atoms with Crippen molar-refractivity contribution < 1.29 is 9.90 Å². The van der Waals surface area contributed by atoms with E-state index >= 15 is 0 Å². The number of amides is 1. The normalized spacial score (nSPS) is 10.9. The van der Waals surface area contributed by atoms with E-state index in [0.717, 1.165) is 4.90 Å². The predicted molar refractivity (Wildman–Crippen MR) is 96.0 cm³/mol. The topological polar surface area (TPSA) is 61.7 Å². The zero-order valence-electron chi connectivity index (χ0n) is 11.6. The molecule has 2 aromatic rings. The van der Waals surface area contributed by atoms with Crippen LogP contribution in [0.25, 0.3) is 0 Å². The van der Waals surface area contributed by atoms with Crippen molar-refractivity contribution in [3.05, 3.63) is 57.0 Å². The van der Waals surface area contributed by atoms with Crippen LogP contribution in [0.1, 0.15) is 5.56 Å². The van der Waals surface area contributed by atoms with E-state index in [1.54, 1.807) is 12.1 Å². The van der Waals surface area contributed by atoms with E-state index in [1.165, 1.54) is 30.1 Å². The number of benzene rings is 2. The predicted octanol–water partition coefficient (Wildman–Crippen LogP) is 4.59. The van der Waals surface area contributed by atoms with Gasteiger partial charge in [-0.15, -0.1) is 11.8 Å². The number of carbonyl (C=O) groups is 1.